The molecule has 136 valence electrons. The summed E-state index contributed by atoms with van der Waals surface area (Å²) in [6.45, 7) is 6.98. The predicted octanol–water partition coefficient (Wildman–Crippen LogP) is 2.34. The van der Waals surface area contributed by atoms with Crippen molar-refractivity contribution >= 4 is 16.8 Å². The lowest BCUT2D eigenvalue weighted by Crippen LogP contribution is -2.48. The second kappa shape index (κ2) is 9.62. The smallest absolute Gasteiger partial charge is 0.314 e. The fourth-order valence-corrected chi connectivity index (χ4v) is 4.01. The monoisotopic (exact) mass is 345 g/mol. The highest BCUT2D eigenvalue weighted by atomic mass is 32.2. The van der Waals surface area contributed by atoms with Gasteiger partial charge in [-0.3, -0.25) is 4.21 Å². The summed E-state index contributed by atoms with van der Waals surface area (Å²) in [5.41, 5.74) is 0. The Hall–Kier alpha value is -0.620. The van der Waals surface area contributed by atoms with Crippen LogP contribution >= 0.6 is 0 Å². The lowest BCUT2D eigenvalue weighted by Gasteiger charge is -2.35. The summed E-state index contributed by atoms with van der Waals surface area (Å²) in [7, 11) is 3.25. The number of rotatable bonds is 7. The van der Waals surface area contributed by atoms with Gasteiger partial charge in [0.1, 0.15) is 0 Å². The summed E-state index contributed by atoms with van der Waals surface area (Å²) in [4.78, 5) is 14.2. The standard InChI is InChI=1S/C17H35N3O2S/c1-17(2,3)23(22)12-11-18-16(21)19-13-15(20(4)5)14-9-7-6-8-10-14/h14-15H,6-13H2,1-5H3,(H2,18,19,21)/t15-,23-/m0/s1. The van der Waals surface area contributed by atoms with Gasteiger partial charge in [0.05, 0.1) is 0 Å². The molecule has 0 aromatic rings. The molecule has 23 heavy (non-hydrogen) atoms. The van der Waals surface area contributed by atoms with E-state index in [0.29, 0.717) is 30.8 Å². The van der Waals surface area contributed by atoms with Crippen LogP contribution in [0.4, 0.5) is 4.79 Å². The summed E-state index contributed by atoms with van der Waals surface area (Å²) < 4.78 is 11.7. The molecule has 1 aliphatic rings. The van der Waals surface area contributed by atoms with Crippen molar-refractivity contribution in [2.75, 3.05) is 32.9 Å². The maximum atomic E-state index is 11.9. The van der Waals surface area contributed by atoms with E-state index >= 15 is 0 Å². The fourth-order valence-electron chi connectivity index (χ4n) is 3.11. The van der Waals surface area contributed by atoms with Gasteiger partial charge in [-0.1, -0.05) is 19.3 Å². The lowest BCUT2D eigenvalue weighted by molar-refractivity contribution is 0.166. The van der Waals surface area contributed by atoms with Gasteiger partial charge in [-0.25, -0.2) is 4.79 Å². The van der Waals surface area contributed by atoms with Gasteiger partial charge in [-0.2, -0.15) is 0 Å². The number of nitrogens with one attached hydrogen (secondary N) is 2. The molecule has 2 amide bonds. The molecule has 1 rings (SSSR count). The molecule has 6 heteroatoms. The van der Waals surface area contributed by atoms with Crippen LogP contribution in [-0.2, 0) is 10.8 Å². The van der Waals surface area contributed by atoms with Crippen molar-refractivity contribution in [1.29, 1.82) is 0 Å². The third-order valence-electron chi connectivity index (χ3n) is 4.59. The van der Waals surface area contributed by atoms with Crippen LogP contribution in [0.2, 0.25) is 0 Å². The number of hydrogen-bond donors (Lipinski definition) is 2. The first-order chi connectivity index (χ1) is 10.7. The van der Waals surface area contributed by atoms with E-state index in [0.717, 1.165) is 0 Å². The number of urea groups is 1. The van der Waals surface area contributed by atoms with E-state index < -0.39 is 10.8 Å². The third-order valence-corrected chi connectivity index (χ3v) is 6.53. The zero-order valence-corrected chi connectivity index (χ0v) is 16.3. The van der Waals surface area contributed by atoms with Crippen LogP contribution in [0.15, 0.2) is 0 Å². The highest BCUT2D eigenvalue weighted by molar-refractivity contribution is 7.86. The second-order valence-corrected chi connectivity index (χ2v) is 10.1. The van der Waals surface area contributed by atoms with E-state index in [1.165, 1.54) is 32.1 Å². The maximum absolute atomic E-state index is 11.9. The topological polar surface area (TPSA) is 61.4 Å². The maximum Gasteiger partial charge on any atom is 0.314 e. The SMILES string of the molecule is CN(C)[C@@H](CNC(=O)NCC[S@](=O)C(C)(C)C)C1CCCCC1. The highest BCUT2D eigenvalue weighted by Crippen LogP contribution is 2.27. The molecule has 0 aromatic heterocycles. The van der Waals surface area contributed by atoms with Crippen molar-refractivity contribution in [1.82, 2.24) is 15.5 Å². The van der Waals surface area contributed by atoms with Gasteiger partial charge in [0, 0.05) is 40.4 Å². The van der Waals surface area contributed by atoms with Crippen LogP contribution in [0.3, 0.4) is 0 Å². The van der Waals surface area contributed by atoms with Gasteiger partial charge in [0.25, 0.3) is 0 Å². The van der Waals surface area contributed by atoms with Crippen molar-refractivity contribution in [3.8, 4) is 0 Å². The summed E-state index contributed by atoms with van der Waals surface area (Å²) in [6.07, 6.45) is 6.47. The van der Waals surface area contributed by atoms with E-state index in [1.807, 2.05) is 20.8 Å². The van der Waals surface area contributed by atoms with E-state index in [1.54, 1.807) is 0 Å². The van der Waals surface area contributed by atoms with Gasteiger partial charge >= 0.3 is 6.03 Å². The molecule has 1 saturated carbocycles. The quantitative estimate of drug-likeness (QED) is 0.744. The average molecular weight is 346 g/mol. The fraction of sp³-hybridized carbons (Fsp3) is 0.941. The first-order valence-electron chi connectivity index (χ1n) is 8.78. The lowest BCUT2D eigenvalue weighted by atomic mass is 9.83. The molecule has 0 unspecified atom stereocenters. The number of carbonyl (C=O) groups is 1. The van der Waals surface area contributed by atoms with Crippen LogP contribution in [0.1, 0.15) is 52.9 Å². The molecule has 2 N–H and O–H groups in total. The van der Waals surface area contributed by atoms with Gasteiger partial charge < -0.3 is 15.5 Å². The highest BCUT2D eigenvalue weighted by Gasteiger charge is 2.25. The molecule has 5 nitrogen and oxygen atoms in total. The van der Waals surface area contributed by atoms with Gasteiger partial charge in [-0.15, -0.1) is 0 Å². The van der Waals surface area contributed by atoms with Crippen LogP contribution in [0.5, 0.6) is 0 Å². The van der Waals surface area contributed by atoms with E-state index in [-0.39, 0.29) is 10.8 Å². The third kappa shape index (κ3) is 7.66. The number of amides is 2. The largest absolute Gasteiger partial charge is 0.337 e. The minimum atomic E-state index is -0.928. The number of hydrogen-bond acceptors (Lipinski definition) is 3. The zero-order chi connectivity index (χ0) is 17.5. The van der Waals surface area contributed by atoms with Crippen molar-refractivity contribution in [3.05, 3.63) is 0 Å². The van der Waals surface area contributed by atoms with Crippen LogP contribution in [0.25, 0.3) is 0 Å². The van der Waals surface area contributed by atoms with Crippen LogP contribution in [-0.4, -0.2) is 58.9 Å². The van der Waals surface area contributed by atoms with Crippen LogP contribution < -0.4 is 10.6 Å². The van der Waals surface area contributed by atoms with Gasteiger partial charge in [0.15, 0.2) is 0 Å². The van der Waals surface area contributed by atoms with Gasteiger partial charge in [0.2, 0.25) is 0 Å². The molecule has 0 aromatic carbocycles. The first-order valence-corrected chi connectivity index (χ1v) is 10.1. The Morgan fingerprint density at radius 2 is 1.78 bits per heavy atom. The van der Waals surface area contributed by atoms with E-state index in [2.05, 4.69) is 29.6 Å². The number of carbonyl (C=O) groups excluding carboxylic acids is 1. The Balaban J connectivity index is 2.31. The summed E-state index contributed by atoms with van der Waals surface area (Å²) in [5.74, 6) is 1.17. The molecule has 1 fully saturated rings. The molecule has 0 saturated heterocycles. The molecular formula is C17H35N3O2S. The summed E-state index contributed by atoms with van der Waals surface area (Å²) in [5, 5.41) is 5.80. The predicted molar refractivity (Wildman–Crippen MR) is 98.2 cm³/mol. The molecular weight excluding hydrogens is 310 g/mol. The molecule has 0 spiro atoms. The number of nitrogens with zero attached hydrogens (tertiary/aromatic N) is 1. The van der Waals surface area contributed by atoms with Crippen molar-refractivity contribution < 1.29 is 9.00 Å². The van der Waals surface area contributed by atoms with E-state index in [9.17, 15) is 9.00 Å². The van der Waals surface area contributed by atoms with E-state index in [4.69, 9.17) is 0 Å². The second-order valence-electron chi connectivity index (χ2n) is 7.73. The molecule has 1 aliphatic carbocycles. The summed E-state index contributed by atoms with van der Waals surface area (Å²) >= 11 is 0. The van der Waals surface area contributed by atoms with Crippen molar-refractivity contribution in [3.63, 3.8) is 0 Å². The summed E-state index contributed by atoms with van der Waals surface area (Å²) in [6, 6.07) is 0.239. The molecule has 0 bridgehead atoms. The Bertz CT molecular complexity index is 388. The molecule has 0 heterocycles. The van der Waals surface area contributed by atoms with Gasteiger partial charge in [-0.05, 0) is 53.6 Å². The Morgan fingerprint density at radius 3 is 2.30 bits per heavy atom. The molecule has 0 aliphatic heterocycles. The normalized spacial score (nSPS) is 19.4. The Kier molecular flexibility index (Phi) is 8.54. The average Bonchev–Trinajstić information content (AvgIpc) is 2.47. The van der Waals surface area contributed by atoms with Crippen molar-refractivity contribution in [2.45, 2.75) is 63.7 Å². The molecule has 2 atom stereocenters. The minimum Gasteiger partial charge on any atom is -0.337 e. The van der Waals surface area contributed by atoms with Crippen molar-refractivity contribution in [2.24, 2.45) is 5.92 Å². The Morgan fingerprint density at radius 1 is 1.17 bits per heavy atom. The molecule has 0 radical (unpaired) electrons. The first kappa shape index (κ1) is 20.4. The zero-order valence-electron chi connectivity index (χ0n) is 15.5. The number of likely N-dealkylation sites (N-methyl/N-ethyl adjacent to an activating group) is 1. The minimum absolute atomic E-state index is 0.154. The van der Waals surface area contributed by atoms with Crippen LogP contribution in [0, 0.1) is 5.92 Å². The Labute approximate surface area is 144 Å².